The Morgan fingerprint density at radius 2 is 2.16 bits per heavy atom. The molecule has 0 aliphatic carbocycles. The molecule has 0 amide bonds. The second-order valence-electron chi connectivity index (χ2n) is 4.20. The number of aromatic nitrogens is 2. The minimum absolute atomic E-state index is 0.557. The number of fused-ring (bicyclic) bond motifs is 1. The van der Waals surface area contributed by atoms with E-state index in [1.807, 2.05) is 6.07 Å². The summed E-state index contributed by atoms with van der Waals surface area (Å²) in [6.07, 6.45) is 0. The van der Waals surface area contributed by atoms with Crippen LogP contribution in [0, 0.1) is 0 Å². The van der Waals surface area contributed by atoms with Gasteiger partial charge in [-0.25, -0.2) is 9.97 Å². The van der Waals surface area contributed by atoms with Gasteiger partial charge in [-0.2, -0.15) is 11.8 Å². The van der Waals surface area contributed by atoms with Crippen molar-refractivity contribution in [2.45, 2.75) is 11.5 Å². The van der Waals surface area contributed by atoms with Crippen LogP contribution in [0.5, 0.6) is 5.75 Å². The Morgan fingerprint density at radius 3 is 2.95 bits per heavy atom. The van der Waals surface area contributed by atoms with Crippen molar-refractivity contribution in [2.75, 3.05) is 12.8 Å². The monoisotopic (exact) mass is 293 g/mol. The Morgan fingerprint density at radius 1 is 1.32 bits per heavy atom. The lowest BCUT2D eigenvalue weighted by atomic mass is 10.1. The quantitative estimate of drug-likeness (QED) is 0.922. The minimum Gasteiger partial charge on any atom is -0.496 e. The summed E-state index contributed by atoms with van der Waals surface area (Å²) in [6, 6.07) is 5.39. The van der Waals surface area contributed by atoms with E-state index in [0.717, 1.165) is 28.3 Å². The number of hydrogen-bond acceptors (Lipinski definition) is 5. The fraction of sp³-hybridized carbons (Fsp3) is 0.231. The normalized spacial score (nSPS) is 13.4. The Balaban J connectivity index is 2.15. The lowest BCUT2D eigenvalue weighted by molar-refractivity contribution is 0.416. The molecule has 0 spiro atoms. The zero-order valence-corrected chi connectivity index (χ0v) is 11.9. The van der Waals surface area contributed by atoms with Gasteiger partial charge in [0.15, 0.2) is 5.82 Å². The molecule has 0 radical (unpaired) electrons. The molecule has 2 aromatic rings. The highest BCUT2D eigenvalue weighted by atomic mass is 35.5. The standard InChI is InChI=1S/C13H12ClN3OS/c1-18-11-4-7(14)2-3-8(11)13-16-10-6-19-5-9(10)12(15)17-13/h2-4H,5-6H2,1H3,(H2,15,16,17). The predicted octanol–water partition coefficient (Wildman–Crippen LogP) is 3.13. The average molecular weight is 294 g/mol. The summed E-state index contributed by atoms with van der Waals surface area (Å²) in [5.74, 6) is 3.57. The molecule has 1 aliphatic rings. The molecule has 0 saturated heterocycles. The zero-order valence-electron chi connectivity index (χ0n) is 10.3. The van der Waals surface area contributed by atoms with E-state index in [-0.39, 0.29) is 0 Å². The van der Waals surface area contributed by atoms with Gasteiger partial charge in [0.2, 0.25) is 0 Å². The lowest BCUT2D eigenvalue weighted by Crippen LogP contribution is -2.03. The number of thioether (sulfide) groups is 1. The number of halogens is 1. The van der Waals surface area contributed by atoms with Crippen molar-refractivity contribution in [1.29, 1.82) is 0 Å². The van der Waals surface area contributed by atoms with Gasteiger partial charge in [-0.05, 0) is 18.2 Å². The van der Waals surface area contributed by atoms with Gasteiger partial charge in [-0.3, -0.25) is 0 Å². The van der Waals surface area contributed by atoms with Crippen molar-refractivity contribution in [2.24, 2.45) is 0 Å². The van der Waals surface area contributed by atoms with Crippen LogP contribution in [0.3, 0.4) is 0 Å². The molecule has 6 heteroatoms. The third-order valence-corrected chi connectivity index (χ3v) is 4.22. The van der Waals surface area contributed by atoms with Crippen molar-refractivity contribution in [3.05, 3.63) is 34.5 Å². The van der Waals surface area contributed by atoms with Crippen LogP contribution in [-0.2, 0) is 11.5 Å². The highest BCUT2D eigenvalue weighted by Gasteiger charge is 2.20. The molecular weight excluding hydrogens is 282 g/mol. The fourth-order valence-electron chi connectivity index (χ4n) is 2.05. The number of ether oxygens (including phenoxy) is 1. The highest BCUT2D eigenvalue weighted by Crippen LogP contribution is 2.36. The lowest BCUT2D eigenvalue weighted by Gasteiger charge is -2.10. The summed E-state index contributed by atoms with van der Waals surface area (Å²) >= 11 is 7.76. The van der Waals surface area contributed by atoms with Crippen LogP contribution < -0.4 is 10.5 Å². The number of nitrogen functional groups attached to an aromatic ring is 1. The van der Waals surface area contributed by atoms with Gasteiger partial charge in [0.05, 0.1) is 18.4 Å². The maximum absolute atomic E-state index is 6.00. The summed E-state index contributed by atoms with van der Waals surface area (Å²) in [6.45, 7) is 0. The second-order valence-corrected chi connectivity index (χ2v) is 5.62. The van der Waals surface area contributed by atoms with Gasteiger partial charge in [0.1, 0.15) is 11.6 Å². The van der Waals surface area contributed by atoms with Gasteiger partial charge < -0.3 is 10.5 Å². The van der Waals surface area contributed by atoms with E-state index in [0.29, 0.717) is 22.4 Å². The van der Waals surface area contributed by atoms with Gasteiger partial charge in [0, 0.05) is 22.1 Å². The van der Waals surface area contributed by atoms with E-state index in [1.165, 1.54) is 0 Å². The van der Waals surface area contributed by atoms with Crippen LogP contribution >= 0.6 is 23.4 Å². The first-order valence-electron chi connectivity index (χ1n) is 5.76. The highest BCUT2D eigenvalue weighted by molar-refractivity contribution is 7.98. The van der Waals surface area contributed by atoms with Crippen LogP contribution in [0.2, 0.25) is 5.02 Å². The first-order valence-corrected chi connectivity index (χ1v) is 7.29. The van der Waals surface area contributed by atoms with Crippen LogP contribution in [0.4, 0.5) is 5.82 Å². The van der Waals surface area contributed by atoms with Crippen molar-refractivity contribution >= 4 is 29.2 Å². The minimum atomic E-state index is 0.557. The first kappa shape index (κ1) is 12.6. The maximum atomic E-state index is 6.00. The van der Waals surface area contributed by atoms with E-state index >= 15 is 0 Å². The molecule has 3 rings (SSSR count). The molecule has 1 aromatic carbocycles. The van der Waals surface area contributed by atoms with E-state index in [2.05, 4.69) is 9.97 Å². The second kappa shape index (κ2) is 4.90. The molecule has 98 valence electrons. The average Bonchev–Trinajstić information content (AvgIpc) is 2.87. The fourth-order valence-corrected chi connectivity index (χ4v) is 3.26. The Labute approximate surface area is 120 Å². The molecule has 0 atom stereocenters. The number of methoxy groups -OCH3 is 1. The topological polar surface area (TPSA) is 61.0 Å². The van der Waals surface area contributed by atoms with Crippen LogP contribution in [0.25, 0.3) is 11.4 Å². The van der Waals surface area contributed by atoms with E-state index < -0.39 is 0 Å². The molecule has 2 heterocycles. The molecule has 4 nitrogen and oxygen atoms in total. The number of anilines is 1. The third kappa shape index (κ3) is 2.24. The molecule has 0 saturated carbocycles. The van der Waals surface area contributed by atoms with Crippen molar-refractivity contribution in [1.82, 2.24) is 9.97 Å². The summed E-state index contributed by atoms with van der Waals surface area (Å²) in [5, 5.41) is 0.616. The number of rotatable bonds is 2. The van der Waals surface area contributed by atoms with Crippen molar-refractivity contribution < 1.29 is 4.74 Å². The number of nitrogens with two attached hydrogens (primary N) is 1. The third-order valence-electron chi connectivity index (χ3n) is 3.01. The van der Waals surface area contributed by atoms with Gasteiger partial charge >= 0.3 is 0 Å². The molecular formula is C13H12ClN3OS. The van der Waals surface area contributed by atoms with Gasteiger partial charge in [-0.15, -0.1) is 0 Å². The zero-order chi connectivity index (χ0) is 13.4. The van der Waals surface area contributed by atoms with Crippen LogP contribution in [-0.4, -0.2) is 17.1 Å². The summed E-state index contributed by atoms with van der Waals surface area (Å²) in [7, 11) is 1.60. The molecule has 2 N–H and O–H groups in total. The molecule has 1 aromatic heterocycles. The van der Waals surface area contributed by atoms with Crippen LogP contribution in [0.1, 0.15) is 11.3 Å². The first-order chi connectivity index (χ1) is 9.19. The number of hydrogen-bond donors (Lipinski definition) is 1. The summed E-state index contributed by atoms with van der Waals surface area (Å²) in [4.78, 5) is 8.97. The molecule has 0 bridgehead atoms. The molecule has 1 aliphatic heterocycles. The summed E-state index contributed by atoms with van der Waals surface area (Å²) in [5.41, 5.74) is 8.88. The Hall–Kier alpha value is -1.46. The Kier molecular flexibility index (Phi) is 3.24. The SMILES string of the molecule is COc1cc(Cl)ccc1-c1nc(N)c2c(n1)CSC2. The van der Waals surface area contributed by atoms with Crippen molar-refractivity contribution in [3.63, 3.8) is 0 Å². The summed E-state index contributed by atoms with van der Waals surface area (Å²) < 4.78 is 5.33. The van der Waals surface area contributed by atoms with Gasteiger partial charge in [-0.1, -0.05) is 11.6 Å². The maximum Gasteiger partial charge on any atom is 0.165 e. The van der Waals surface area contributed by atoms with Gasteiger partial charge in [0.25, 0.3) is 0 Å². The smallest absolute Gasteiger partial charge is 0.165 e. The van der Waals surface area contributed by atoms with E-state index in [9.17, 15) is 0 Å². The van der Waals surface area contributed by atoms with Crippen LogP contribution in [0.15, 0.2) is 18.2 Å². The number of nitrogens with zero attached hydrogens (tertiary/aromatic N) is 2. The molecule has 0 fully saturated rings. The molecule has 0 unspecified atom stereocenters. The number of benzene rings is 1. The Bertz CT molecular complexity index is 648. The van der Waals surface area contributed by atoms with Crippen molar-refractivity contribution in [3.8, 4) is 17.1 Å². The predicted molar refractivity (Wildman–Crippen MR) is 78.4 cm³/mol. The van der Waals surface area contributed by atoms with E-state index in [4.69, 9.17) is 22.1 Å². The van der Waals surface area contributed by atoms with E-state index in [1.54, 1.807) is 31.0 Å². The largest absolute Gasteiger partial charge is 0.496 e. The molecule has 19 heavy (non-hydrogen) atoms.